The zero-order chi connectivity index (χ0) is 21.2. The number of nitrogens with zero attached hydrogens (tertiary/aromatic N) is 3. The number of benzene rings is 1. The molecule has 1 amide bonds. The summed E-state index contributed by atoms with van der Waals surface area (Å²) in [4.78, 5) is 22.6. The molecule has 0 radical (unpaired) electrons. The molecule has 1 aromatic carbocycles. The maximum Gasteiger partial charge on any atom is 0.251 e. The van der Waals surface area contributed by atoms with Gasteiger partial charge in [0.05, 0.1) is 10.4 Å². The van der Waals surface area contributed by atoms with Crippen molar-refractivity contribution in [3.8, 4) is 11.3 Å². The number of hydrogen-bond donors (Lipinski definition) is 1. The van der Waals surface area contributed by atoms with Crippen molar-refractivity contribution in [2.45, 2.75) is 38.6 Å². The number of pyridine rings is 1. The number of amides is 1. The Morgan fingerprint density at radius 2 is 1.76 bits per heavy atom. The number of piperazine rings is 1. The van der Waals surface area contributed by atoms with Gasteiger partial charge < -0.3 is 15.1 Å². The van der Waals surface area contributed by atoms with E-state index in [9.17, 15) is 4.79 Å². The highest BCUT2D eigenvalue weighted by Gasteiger charge is 2.21. The number of carbonyl (C=O) groups excluding carboxylic acids is 1. The highest BCUT2D eigenvalue weighted by Crippen LogP contribution is 2.34. The molecule has 0 bridgehead atoms. The molecule has 1 aliphatic carbocycles. The molecule has 2 aromatic heterocycles. The molecule has 8 heteroatoms. The van der Waals surface area contributed by atoms with Crippen LogP contribution in [0.25, 0.3) is 21.3 Å². The van der Waals surface area contributed by atoms with Crippen LogP contribution in [0.3, 0.4) is 0 Å². The molecule has 2 fully saturated rings. The minimum absolute atomic E-state index is 0. The molecule has 3 aromatic rings. The van der Waals surface area contributed by atoms with Gasteiger partial charge in [-0.2, -0.15) is 0 Å². The number of halogens is 2. The predicted molar refractivity (Wildman–Crippen MR) is 144 cm³/mol. The molecular weight excluding hydrogens is 475 g/mol. The van der Waals surface area contributed by atoms with Crippen LogP contribution >= 0.6 is 36.2 Å². The summed E-state index contributed by atoms with van der Waals surface area (Å²) >= 11 is 1.77. The summed E-state index contributed by atoms with van der Waals surface area (Å²) in [5, 5.41) is 6.56. The van der Waals surface area contributed by atoms with Crippen molar-refractivity contribution >= 4 is 58.0 Å². The van der Waals surface area contributed by atoms with Crippen LogP contribution in [-0.4, -0.2) is 54.6 Å². The average molecular weight is 508 g/mol. The summed E-state index contributed by atoms with van der Waals surface area (Å²) in [6.45, 7) is 7.52. The van der Waals surface area contributed by atoms with Gasteiger partial charge in [0.15, 0.2) is 0 Å². The van der Waals surface area contributed by atoms with Gasteiger partial charge in [0.1, 0.15) is 5.82 Å². The Morgan fingerprint density at radius 1 is 1.06 bits per heavy atom. The minimum Gasteiger partial charge on any atom is -0.353 e. The molecule has 1 N–H and O–H groups in total. The van der Waals surface area contributed by atoms with Gasteiger partial charge in [-0.05, 0) is 54.4 Å². The van der Waals surface area contributed by atoms with Gasteiger partial charge >= 0.3 is 0 Å². The number of hydrogen-bond acceptors (Lipinski definition) is 5. The number of carbonyl (C=O) groups is 1. The Bertz CT molecular complexity index is 1060. The fourth-order valence-corrected chi connectivity index (χ4v) is 5.62. The number of likely N-dealkylation sites (N-methyl/N-ethyl adjacent to an activating group) is 1. The number of thiophene rings is 1. The Morgan fingerprint density at radius 3 is 2.42 bits per heavy atom. The van der Waals surface area contributed by atoms with Gasteiger partial charge in [0, 0.05) is 43.3 Å². The Hall–Kier alpha value is -1.86. The smallest absolute Gasteiger partial charge is 0.251 e. The molecule has 0 unspecified atom stereocenters. The third-order valence-corrected chi connectivity index (χ3v) is 7.60. The van der Waals surface area contributed by atoms with Gasteiger partial charge in [0.25, 0.3) is 5.91 Å². The molecule has 0 spiro atoms. The monoisotopic (exact) mass is 506 g/mol. The lowest BCUT2D eigenvalue weighted by atomic mass is 10.1. The fraction of sp³-hybridized carbons (Fsp3) is 0.440. The molecular formula is C25H32Cl2N4OS. The molecule has 1 aliphatic heterocycles. The zero-order valence-electron chi connectivity index (χ0n) is 19.0. The first-order valence-corrected chi connectivity index (χ1v) is 12.4. The largest absolute Gasteiger partial charge is 0.353 e. The molecule has 2 aliphatic rings. The van der Waals surface area contributed by atoms with Crippen LogP contribution < -0.4 is 10.2 Å². The lowest BCUT2D eigenvalue weighted by Crippen LogP contribution is -2.46. The van der Waals surface area contributed by atoms with E-state index >= 15 is 0 Å². The first-order valence-electron chi connectivity index (χ1n) is 11.5. The van der Waals surface area contributed by atoms with E-state index < -0.39 is 0 Å². The second kappa shape index (κ2) is 11.5. The van der Waals surface area contributed by atoms with E-state index in [0.29, 0.717) is 6.04 Å². The normalized spacial score (nSPS) is 16.9. The summed E-state index contributed by atoms with van der Waals surface area (Å²) in [6, 6.07) is 12.6. The zero-order valence-corrected chi connectivity index (χ0v) is 21.4. The number of nitrogens with one attached hydrogen (secondary N) is 1. The summed E-state index contributed by atoms with van der Waals surface area (Å²) in [5.41, 5.74) is 2.75. The third-order valence-electron chi connectivity index (χ3n) is 6.67. The first-order chi connectivity index (χ1) is 15.2. The van der Waals surface area contributed by atoms with Gasteiger partial charge in [0.2, 0.25) is 0 Å². The van der Waals surface area contributed by atoms with Crippen LogP contribution in [0.15, 0.2) is 41.8 Å². The second-order valence-electron chi connectivity index (χ2n) is 8.62. The topological polar surface area (TPSA) is 48.5 Å². The van der Waals surface area contributed by atoms with Crippen molar-refractivity contribution in [3.05, 3.63) is 47.3 Å². The van der Waals surface area contributed by atoms with Crippen molar-refractivity contribution in [1.29, 1.82) is 0 Å². The maximum absolute atomic E-state index is 12.6. The van der Waals surface area contributed by atoms with Crippen LogP contribution in [0.5, 0.6) is 0 Å². The molecule has 3 heterocycles. The lowest BCUT2D eigenvalue weighted by Gasteiger charge is -2.35. The first kappa shape index (κ1) is 25.8. The van der Waals surface area contributed by atoms with Crippen molar-refractivity contribution in [1.82, 2.24) is 15.2 Å². The van der Waals surface area contributed by atoms with Gasteiger partial charge in [-0.1, -0.05) is 31.9 Å². The molecule has 178 valence electrons. The van der Waals surface area contributed by atoms with Gasteiger partial charge in [-0.15, -0.1) is 36.2 Å². The van der Waals surface area contributed by atoms with Crippen LogP contribution in [0, 0.1) is 0 Å². The summed E-state index contributed by atoms with van der Waals surface area (Å²) in [5.74, 6) is 1.13. The van der Waals surface area contributed by atoms with Crippen molar-refractivity contribution in [2.75, 3.05) is 37.6 Å². The summed E-state index contributed by atoms with van der Waals surface area (Å²) < 4.78 is 1.27. The van der Waals surface area contributed by atoms with E-state index in [1.54, 1.807) is 11.3 Å². The maximum atomic E-state index is 12.6. The molecule has 5 rings (SSSR count). The van der Waals surface area contributed by atoms with E-state index in [0.717, 1.165) is 68.2 Å². The molecule has 1 saturated heterocycles. The summed E-state index contributed by atoms with van der Waals surface area (Å²) in [6.07, 6.45) is 4.64. The number of anilines is 1. The van der Waals surface area contributed by atoms with E-state index in [4.69, 9.17) is 4.98 Å². The SMILES string of the molecule is CCN1CCN(c2nc(-c3ccc(C(=O)NC4CCCC4)cc3)cc3ccsc23)CC1.Cl.Cl. The van der Waals surface area contributed by atoms with Crippen LogP contribution in [0.2, 0.25) is 0 Å². The Balaban J connectivity index is 0.00000153. The van der Waals surface area contributed by atoms with Crippen molar-refractivity contribution in [3.63, 3.8) is 0 Å². The van der Waals surface area contributed by atoms with E-state index in [1.807, 2.05) is 24.3 Å². The minimum atomic E-state index is 0. The van der Waals surface area contributed by atoms with Gasteiger partial charge in [-0.25, -0.2) is 4.98 Å². The van der Waals surface area contributed by atoms with E-state index in [1.165, 1.54) is 22.9 Å². The van der Waals surface area contributed by atoms with E-state index in [2.05, 4.69) is 39.6 Å². The molecule has 5 nitrogen and oxygen atoms in total. The highest BCUT2D eigenvalue weighted by atomic mass is 35.5. The second-order valence-corrected chi connectivity index (χ2v) is 9.54. The van der Waals surface area contributed by atoms with Gasteiger partial charge in [-0.3, -0.25) is 4.79 Å². The number of rotatable bonds is 5. The standard InChI is InChI=1S/C25H30N4OS.2ClH/c1-2-28-12-14-29(15-13-28)24-23-20(11-16-31-23)17-22(27-24)18-7-9-19(10-8-18)25(30)26-21-5-3-4-6-21;;/h7-11,16-17,21H,2-6,12-15H2,1H3,(H,26,30);2*1H. The lowest BCUT2D eigenvalue weighted by molar-refractivity contribution is 0.0938. The quantitative estimate of drug-likeness (QED) is 0.487. The molecule has 0 atom stereocenters. The Kier molecular flexibility index (Phi) is 8.99. The van der Waals surface area contributed by atoms with Crippen LogP contribution in [0.4, 0.5) is 5.82 Å². The van der Waals surface area contributed by atoms with E-state index in [-0.39, 0.29) is 30.7 Å². The van der Waals surface area contributed by atoms with Crippen molar-refractivity contribution < 1.29 is 4.79 Å². The third kappa shape index (κ3) is 5.62. The fourth-order valence-electron chi connectivity index (χ4n) is 4.73. The van der Waals surface area contributed by atoms with Crippen LogP contribution in [0.1, 0.15) is 43.0 Å². The average Bonchev–Trinajstić information content (AvgIpc) is 3.50. The van der Waals surface area contributed by atoms with Crippen molar-refractivity contribution in [2.24, 2.45) is 0 Å². The predicted octanol–water partition coefficient (Wildman–Crippen LogP) is 5.62. The summed E-state index contributed by atoms with van der Waals surface area (Å²) in [7, 11) is 0. The molecule has 33 heavy (non-hydrogen) atoms. The number of aromatic nitrogens is 1. The Labute approximate surface area is 212 Å². The van der Waals surface area contributed by atoms with Crippen LogP contribution in [-0.2, 0) is 0 Å². The number of fused-ring (bicyclic) bond motifs is 1. The molecule has 1 saturated carbocycles. The highest BCUT2D eigenvalue weighted by molar-refractivity contribution is 7.17.